The summed E-state index contributed by atoms with van der Waals surface area (Å²) in [5, 5.41) is 0. The highest BCUT2D eigenvalue weighted by Crippen LogP contribution is 2.34. The van der Waals surface area contributed by atoms with Gasteiger partial charge in [-0.25, -0.2) is 0 Å². The van der Waals surface area contributed by atoms with Crippen molar-refractivity contribution in [1.29, 1.82) is 0 Å². The molecule has 1 aliphatic rings. The third kappa shape index (κ3) is 2.33. The average molecular weight is 218 g/mol. The first kappa shape index (κ1) is 11.3. The normalized spacial score (nSPS) is 18.4. The lowest BCUT2D eigenvalue weighted by Crippen LogP contribution is -2.10. The van der Waals surface area contributed by atoms with Crippen LogP contribution in [0.15, 0.2) is 24.3 Å². The molecule has 0 aliphatic heterocycles. The molecule has 0 radical (unpaired) electrons. The number of Topliss-reactive ketones (excluding diaryl/α,β-unsaturated/α-hetero) is 1. The number of rotatable bonds is 5. The fourth-order valence-electron chi connectivity index (χ4n) is 2.46. The molecule has 2 nitrogen and oxygen atoms in total. The molecule has 0 bridgehead atoms. The highest BCUT2D eigenvalue weighted by atomic mass is 16.5. The van der Waals surface area contributed by atoms with Crippen molar-refractivity contribution in [3.63, 3.8) is 0 Å². The van der Waals surface area contributed by atoms with E-state index in [9.17, 15) is 4.79 Å². The molecule has 1 aliphatic carbocycles. The Morgan fingerprint density at radius 1 is 1.44 bits per heavy atom. The van der Waals surface area contributed by atoms with Gasteiger partial charge in [0.25, 0.3) is 0 Å². The van der Waals surface area contributed by atoms with Crippen molar-refractivity contribution in [1.82, 2.24) is 0 Å². The van der Waals surface area contributed by atoms with Gasteiger partial charge in [-0.15, -0.1) is 0 Å². The Hall–Kier alpha value is -1.15. The van der Waals surface area contributed by atoms with Crippen LogP contribution < -0.4 is 0 Å². The summed E-state index contributed by atoms with van der Waals surface area (Å²) in [6.07, 6.45) is 3.53. The Bertz CT molecular complexity index is 371. The molecule has 0 N–H and O–H groups in total. The largest absolute Gasteiger partial charge is 0.385 e. The van der Waals surface area contributed by atoms with Gasteiger partial charge in [-0.05, 0) is 30.4 Å². The summed E-state index contributed by atoms with van der Waals surface area (Å²) in [6, 6.07) is 8.31. The minimum atomic E-state index is 0.146. The van der Waals surface area contributed by atoms with Crippen LogP contribution in [0.2, 0.25) is 0 Å². The van der Waals surface area contributed by atoms with Crippen LogP contribution in [0.1, 0.15) is 36.3 Å². The molecule has 0 spiro atoms. The van der Waals surface area contributed by atoms with Crippen LogP contribution >= 0.6 is 0 Å². The molecular formula is C14H18O2. The Labute approximate surface area is 96.6 Å². The van der Waals surface area contributed by atoms with Crippen LogP contribution in [-0.4, -0.2) is 19.5 Å². The summed E-state index contributed by atoms with van der Waals surface area (Å²) in [4.78, 5) is 12.0. The number of benzene rings is 1. The SMILES string of the molecule is COCCCC(=O)C1CCc2ccccc21. The van der Waals surface area contributed by atoms with E-state index in [2.05, 4.69) is 18.2 Å². The summed E-state index contributed by atoms with van der Waals surface area (Å²) in [5.74, 6) is 0.523. The topological polar surface area (TPSA) is 26.3 Å². The maximum absolute atomic E-state index is 12.0. The number of ketones is 1. The van der Waals surface area contributed by atoms with Gasteiger partial charge in [0.2, 0.25) is 0 Å². The summed E-state index contributed by atoms with van der Waals surface area (Å²) in [5.41, 5.74) is 2.61. The summed E-state index contributed by atoms with van der Waals surface area (Å²) in [6.45, 7) is 0.681. The second-order valence-corrected chi connectivity index (χ2v) is 4.35. The van der Waals surface area contributed by atoms with Crippen LogP contribution in [-0.2, 0) is 16.0 Å². The molecule has 1 aromatic carbocycles. The van der Waals surface area contributed by atoms with Gasteiger partial charge in [-0.1, -0.05) is 24.3 Å². The quantitative estimate of drug-likeness (QED) is 0.710. The molecule has 0 aromatic heterocycles. The van der Waals surface area contributed by atoms with E-state index in [0.29, 0.717) is 18.8 Å². The molecule has 86 valence electrons. The smallest absolute Gasteiger partial charge is 0.140 e. The van der Waals surface area contributed by atoms with Gasteiger partial charge in [-0.3, -0.25) is 4.79 Å². The highest BCUT2D eigenvalue weighted by Gasteiger charge is 2.27. The Morgan fingerprint density at radius 2 is 2.25 bits per heavy atom. The second-order valence-electron chi connectivity index (χ2n) is 4.35. The predicted molar refractivity (Wildman–Crippen MR) is 63.6 cm³/mol. The van der Waals surface area contributed by atoms with E-state index in [4.69, 9.17) is 4.74 Å². The van der Waals surface area contributed by atoms with Crippen LogP contribution in [0.4, 0.5) is 0 Å². The molecule has 2 heteroatoms. The first-order chi connectivity index (χ1) is 7.83. The zero-order valence-corrected chi connectivity index (χ0v) is 9.74. The van der Waals surface area contributed by atoms with Crippen LogP contribution in [0, 0.1) is 0 Å². The monoisotopic (exact) mass is 218 g/mol. The van der Waals surface area contributed by atoms with Crippen LogP contribution in [0.25, 0.3) is 0 Å². The fourth-order valence-corrected chi connectivity index (χ4v) is 2.46. The van der Waals surface area contributed by atoms with Crippen molar-refractivity contribution in [2.75, 3.05) is 13.7 Å². The number of hydrogen-bond donors (Lipinski definition) is 0. The first-order valence-corrected chi connectivity index (χ1v) is 5.92. The minimum Gasteiger partial charge on any atom is -0.385 e. The zero-order valence-electron chi connectivity index (χ0n) is 9.74. The molecule has 1 atom stereocenters. The van der Waals surface area contributed by atoms with Gasteiger partial charge in [0.1, 0.15) is 5.78 Å². The molecular weight excluding hydrogens is 200 g/mol. The molecule has 0 fully saturated rings. The van der Waals surface area contributed by atoms with Crippen LogP contribution in [0.3, 0.4) is 0 Å². The number of ether oxygens (including phenoxy) is 1. The van der Waals surface area contributed by atoms with Gasteiger partial charge in [-0.2, -0.15) is 0 Å². The summed E-state index contributed by atoms with van der Waals surface area (Å²) >= 11 is 0. The van der Waals surface area contributed by atoms with E-state index >= 15 is 0 Å². The molecule has 2 rings (SSSR count). The van der Waals surface area contributed by atoms with E-state index in [1.54, 1.807) is 7.11 Å². The maximum atomic E-state index is 12.0. The van der Waals surface area contributed by atoms with E-state index in [-0.39, 0.29) is 5.92 Å². The van der Waals surface area contributed by atoms with Crippen molar-refractivity contribution < 1.29 is 9.53 Å². The fraction of sp³-hybridized carbons (Fsp3) is 0.500. The van der Waals surface area contributed by atoms with Gasteiger partial charge in [0.05, 0.1) is 0 Å². The van der Waals surface area contributed by atoms with Crippen molar-refractivity contribution >= 4 is 5.78 Å². The number of fused-ring (bicyclic) bond motifs is 1. The van der Waals surface area contributed by atoms with Crippen molar-refractivity contribution in [3.05, 3.63) is 35.4 Å². The van der Waals surface area contributed by atoms with E-state index in [0.717, 1.165) is 19.3 Å². The molecule has 0 heterocycles. The molecule has 0 saturated carbocycles. The van der Waals surface area contributed by atoms with Crippen molar-refractivity contribution in [2.24, 2.45) is 0 Å². The van der Waals surface area contributed by atoms with Gasteiger partial charge in [0, 0.05) is 26.1 Å². The minimum absolute atomic E-state index is 0.146. The van der Waals surface area contributed by atoms with Gasteiger partial charge < -0.3 is 4.74 Å². The summed E-state index contributed by atoms with van der Waals surface area (Å²) in [7, 11) is 1.68. The van der Waals surface area contributed by atoms with Crippen molar-refractivity contribution in [2.45, 2.75) is 31.6 Å². The first-order valence-electron chi connectivity index (χ1n) is 5.92. The van der Waals surface area contributed by atoms with Crippen LogP contribution in [0.5, 0.6) is 0 Å². The molecule has 0 saturated heterocycles. The third-order valence-electron chi connectivity index (χ3n) is 3.29. The number of hydrogen-bond acceptors (Lipinski definition) is 2. The number of carbonyl (C=O) groups is 1. The maximum Gasteiger partial charge on any atom is 0.140 e. The lowest BCUT2D eigenvalue weighted by atomic mass is 9.94. The Morgan fingerprint density at radius 3 is 3.06 bits per heavy atom. The average Bonchev–Trinajstić information content (AvgIpc) is 2.73. The predicted octanol–water partition coefficient (Wildman–Crippen LogP) is 2.71. The number of methoxy groups -OCH3 is 1. The Balaban J connectivity index is 1.99. The lowest BCUT2D eigenvalue weighted by Gasteiger charge is -2.09. The summed E-state index contributed by atoms with van der Waals surface area (Å²) < 4.78 is 4.97. The van der Waals surface area contributed by atoms with E-state index in [1.807, 2.05) is 6.07 Å². The lowest BCUT2D eigenvalue weighted by molar-refractivity contribution is -0.120. The Kier molecular flexibility index (Phi) is 3.73. The third-order valence-corrected chi connectivity index (χ3v) is 3.29. The molecule has 1 unspecified atom stereocenters. The van der Waals surface area contributed by atoms with Gasteiger partial charge in [0.15, 0.2) is 0 Å². The standard InChI is InChI=1S/C14H18O2/c1-16-10-4-7-14(15)13-9-8-11-5-2-3-6-12(11)13/h2-3,5-6,13H,4,7-10H2,1H3. The van der Waals surface area contributed by atoms with E-state index in [1.165, 1.54) is 11.1 Å². The molecule has 1 aromatic rings. The van der Waals surface area contributed by atoms with Gasteiger partial charge >= 0.3 is 0 Å². The second kappa shape index (κ2) is 5.26. The van der Waals surface area contributed by atoms with E-state index < -0.39 is 0 Å². The number of aryl methyl sites for hydroxylation is 1. The zero-order chi connectivity index (χ0) is 11.4. The molecule has 16 heavy (non-hydrogen) atoms. The number of carbonyl (C=O) groups excluding carboxylic acids is 1. The van der Waals surface area contributed by atoms with Crippen molar-refractivity contribution in [3.8, 4) is 0 Å². The highest BCUT2D eigenvalue weighted by molar-refractivity contribution is 5.86. The molecule has 0 amide bonds.